The van der Waals surface area contributed by atoms with Crippen LogP contribution in [0.15, 0.2) is 48.5 Å². The van der Waals surface area contributed by atoms with Crippen LogP contribution in [-0.2, 0) is 32.6 Å². The van der Waals surface area contributed by atoms with Crippen LogP contribution in [0.2, 0.25) is 0 Å². The summed E-state index contributed by atoms with van der Waals surface area (Å²) in [6, 6.07) is 14.6. The lowest BCUT2D eigenvalue weighted by atomic mass is 10.1. The Hall–Kier alpha value is -2.87. The quantitative estimate of drug-likeness (QED) is 0.495. The molecule has 2 rings (SSSR count). The van der Waals surface area contributed by atoms with E-state index in [2.05, 4.69) is 5.32 Å². The Morgan fingerprint density at radius 3 is 2.26 bits per heavy atom. The molecule has 0 aliphatic carbocycles. The van der Waals surface area contributed by atoms with Crippen molar-refractivity contribution in [2.75, 3.05) is 23.7 Å². The Balaban J connectivity index is 2.14. The number of likely N-dealkylation sites (N-methyl/N-ethyl adjacent to an activating group) is 1. The third-order valence-electron chi connectivity index (χ3n) is 5.74. The molecular weight excluding hydrogens is 450 g/mol. The predicted molar refractivity (Wildman–Crippen MR) is 137 cm³/mol. The van der Waals surface area contributed by atoms with Crippen molar-refractivity contribution in [2.45, 2.75) is 59.5 Å². The summed E-state index contributed by atoms with van der Waals surface area (Å²) in [5, 5.41) is 2.78. The van der Waals surface area contributed by atoms with Crippen molar-refractivity contribution in [3.63, 3.8) is 0 Å². The van der Waals surface area contributed by atoms with Crippen molar-refractivity contribution in [2.24, 2.45) is 0 Å². The van der Waals surface area contributed by atoms with E-state index in [9.17, 15) is 18.0 Å². The summed E-state index contributed by atoms with van der Waals surface area (Å²) in [5.41, 5.74) is 3.73. The van der Waals surface area contributed by atoms with Crippen LogP contribution < -0.4 is 9.62 Å². The molecule has 0 heterocycles. The molecule has 0 bridgehead atoms. The van der Waals surface area contributed by atoms with Gasteiger partial charge in [-0.15, -0.1) is 0 Å². The molecule has 0 fully saturated rings. The fourth-order valence-corrected chi connectivity index (χ4v) is 4.78. The zero-order valence-electron chi connectivity index (χ0n) is 20.9. The van der Waals surface area contributed by atoms with Gasteiger partial charge in [0.1, 0.15) is 6.04 Å². The monoisotopic (exact) mass is 487 g/mol. The van der Waals surface area contributed by atoms with Crippen molar-refractivity contribution in [1.29, 1.82) is 0 Å². The molecule has 0 aliphatic heterocycles. The molecule has 0 aromatic heterocycles. The highest BCUT2D eigenvalue weighted by molar-refractivity contribution is 7.92. The Morgan fingerprint density at radius 1 is 1.03 bits per heavy atom. The smallest absolute Gasteiger partial charge is 0.242 e. The third kappa shape index (κ3) is 7.87. The highest BCUT2D eigenvalue weighted by atomic mass is 32.2. The molecule has 2 aromatic rings. The maximum absolute atomic E-state index is 13.2. The van der Waals surface area contributed by atoms with E-state index in [1.807, 2.05) is 57.2 Å². The van der Waals surface area contributed by atoms with Crippen LogP contribution in [0.25, 0.3) is 0 Å². The van der Waals surface area contributed by atoms with Crippen molar-refractivity contribution in [3.8, 4) is 0 Å². The van der Waals surface area contributed by atoms with Gasteiger partial charge in [0, 0.05) is 26.1 Å². The van der Waals surface area contributed by atoms with Gasteiger partial charge in [0.15, 0.2) is 0 Å². The van der Waals surface area contributed by atoms with Gasteiger partial charge in [-0.1, -0.05) is 48.9 Å². The van der Waals surface area contributed by atoms with Gasteiger partial charge >= 0.3 is 0 Å². The summed E-state index contributed by atoms with van der Waals surface area (Å²) in [6.45, 7) is 8.56. The summed E-state index contributed by atoms with van der Waals surface area (Å²) >= 11 is 0. The molecule has 186 valence electrons. The molecule has 2 aromatic carbocycles. The first-order chi connectivity index (χ1) is 16.1. The Morgan fingerprint density at radius 2 is 1.71 bits per heavy atom. The average molecular weight is 488 g/mol. The standard InChI is InChI=1S/C26H37N3O4S/c1-6-22-13-15-24(16-14-22)29(34(5,32)33)17-9-12-25(30)28(21(4)26(31)27-7-2)19-23-11-8-10-20(3)18-23/h8,10-11,13-16,18,21H,6-7,9,12,17,19H2,1-5H3,(H,27,31)/t21-/m1/s1. The fourth-order valence-electron chi connectivity index (χ4n) is 3.81. The number of anilines is 1. The maximum atomic E-state index is 13.2. The molecule has 0 unspecified atom stereocenters. The maximum Gasteiger partial charge on any atom is 0.242 e. The first-order valence-corrected chi connectivity index (χ1v) is 13.6. The second-order valence-corrected chi connectivity index (χ2v) is 10.4. The summed E-state index contributed by atoms with van der Waals surface area (Å²) in [6.07, 6.45) is 2.51. The highest BCUT2D eigenvalue weighted by Gasteiger charge is 2.26. The Kier molecular flexibility index (Phi) is 10.1. The number of rotatable bonds is 12. The SMILES string of the molecule is CCNC(=O)[C@@H](C)N(Cc1cccc(C)c1)C(=O)CCCN(c1ccc(CC)cc1)S(C)(=O)=O. The number of hydrogen-bond acceptors (Lipinski definition) is 4. The molecule has 8 heteroatoms. The number of carbonyl (C=O) groups excluding carboxylic acids is 2. The van der Waals surface area contributed by atoms with E-state index in [1.54, 1.807) is 24.0 Å². The fraction of sp³-hybridized carbons (Fsp3) is 0.462. The Bertz CT molecular complexity index is 1070. The van der Waals surface area contributed by atoms with Gasteiger partial charge in [-0.3, -0.25) is 13.9 Å². The van der Waals surface area contributed by atoms with E-state index in [1.165, 1.54) is 10.6 Å². The predicted octanol–water partition coefficient (Wildman–Crippen LogP) is 3.66. The van der Waals surface area contributed by atoms with Crippen LogP contribution in [0.1, 0.15) is 50.3 Å². The number of aryl methyl sites for hydroxylation is 2. The average Bonchev–Trinajstić information content (AvgIpc) is 2.79. The normalized spacial score (nSPS) is 12.1. The van der Waals surface area contributed by atoms with Crippen LogP contribution in [0, 0.1) is 6.92 Å². The summed E-state index contributed by atoms with van der Waals surface area (Å²) < 4.78 is 26.2. The highest BCUT2D eigenvalue weighted by Crippen LogP contribution is 2.20. The molecule has 2 amide bonds. The van der Waals surface area contributed by atoms with E-state index in [0.717, 1.165) is 23.1 Å². The lowest BCUT2D eigenvalue weighted by molar-refractivity contribution is -0.140. The molecule has 1 N–H and O–H groups in total. The number of nitrogens with one attached hydrogen (secondary N) is 1. The van der Waals surface area contributed by atoms with Crippen molar-refractivity contribution in [1.82, 2.24) is 10.2 Å². The zero-order valence-corrected chi connectivity index (χ0v) is 21.7. The zero-order chi connectivity index (χ0) is 25.3. The van der Waals surface area contributed by atoms with Gasteiger partial charge in [-0.2, -0.15) is 0 Å². The molecule has 0 spiro atoms. The number of hydrogen-bond donors (Lipinski definition) is 1. The van der Waals surface area contributed by atoms with Crippen LogP contribution >= 0.6 is 0 Å². The van der Waals surface area contributed by atoms with E-state index in [0.29, 0.717) is 25.2 Å². The second-order valence-electron chi connectivity index (χ2n) is 8.54. The number of nitrogens with zero attached hydrogens (tertiary/aromatic N) is 2. The van der Waals surface area contributed by atoms with Gasteiger partial charge in [-0.25, -0.2) is 8.42 Å². The molecule has 0 aliphatic rings. The Labute approximate surface area is 204 Å². The molecule has 34 heavy (non-hydrogen) atoms. The minimum atomic E-state index is -3.50. The summed E-state index contributed by atoms with van der Waals surface area (Å²) in [5.74, 6) is -0.396. The number of sulfonamides is 1. The molecule has 1 atom stereocenters. The van der Waals surface area contributed by atoms with Gasteiger partial charge in [0.05, 0.1) is 11.9 Å². The van der Waals surface area contributed by atoms with Crippen LogP contribution in [0.3, 0.4) is 0 Å². The molecule has 0 saturated heterocycles. The third-order valence-corrected chi connectivity index (χ3v) is 6.93. The topological polar surface area (TPSA) is 86.8 Å². The number of amides is 2. The first-order valence-electron chi connectivity index (χ1n) is 11.8. The minimum absolute atomic E-state index is 0.134. The lowest BCUT2D eigenvalue weighted by Gasteiger charge is -2.29. The number of benzene rings is 2. The van der Waals surface area contributed by atoms with E-state index in [-0.39, 0.29) is 24.8 Å². The van der Waals surface area contributed by atoms with E-state index < -0.39 is 16.1 Å². The molecular formula is C26H37N3O4S. The van der Waals surface area contributed by atoms with Gasteiger partial charge in [0.25, 0.3) is 0 Å². The van der Waals surface area contributed by atoms with Crippen LogP contribution in [0.4, 0.5) is 5.69 Å². The lowest BCUT2D eigenvalue weighted by Crippen LogP contribution is -2.47. The largest absolute Gasteiger partial charge is 0.355 e. The van der Waals surface area contributed by atoms with Crippen molar-refractivity contribution in [3.05, 3.63) is 65.2 Å². The van der Waals surface area contributed by atoms with E-state index >= 15 is 0 Å². The van der Waals surface area contributed by atoms with Crippen LogP contribution in [0.5, 0.6) is 0 Å². The summed E-state index contributed by atoms with van der Waals surface area (Å²) in [7, 11) is -3.50. The van der Waals surface area contributed by atoms with Crippen molar-refractivity contribution < 1.29 is 18.0 Å². The second kappa shape index (κ2) is 12.6. The molecule has 7 nitrogen and oxygen atoms in total. The van der Waals surface area contributed by atoms with Gasteiger partial charge in [0.2, 0.25) is 21.8 Å². The van der Waals surface area contributed by atoms with Gasteiger partial charge < -0.3 is 10.2 Å². The van der Waals surface area contributed by atoms with Crippen LogP contribution in [-0.4, -0.2) is 50.5 Å². The molecule has 0 radical (unpaired) electrons. The molecule has 0 saturated carbocycles. The summed E-state index contributed by atoms with van der Waals surface area (Å²) in [4.78, 5) is 27.3. The minimum Gasteiger partial charge on any atom is -0.355 e. The number of carbonyl (C=O) groups is 2. The van der Waals surface area contributed by atoms with Crippen molar-refractivity contribution >= 4 is 27.5 Å². The van der Waals surface area contributed by atoms with E-state index in [4.69, 9.17) is 0 Å². The van der Waals surface area contributed by atoms with Gasteiger partial charge in [-0.05, 0) is 56.9 Å². The first kappa shape index (κ1) is 27.4.